The van der Waals surface area contributed by atoms with E-state index in [4.69, 9.17) is 0 Å². The number of nitrogens with one attached hydrogen (secondary N) is 2. The average molecular weight is 234 g/mol. The van der Waals surface area contributed by atoms with Gasteiger partial charge in [-0.3, -0.25) is 0 Å². The van der Waals surface area contributed by atoms with Gasteiger partial charge in [0.2, 0.25) is 0 Å². The second kappa shape index (κ2) is 4.75. The number of carbonyl (C=O) groups excluding carboxylic acids is 1. The molecule has 0 aromatic heterocycles. The van der Waals surface area contributed by atoms with Gasteiger partial charge in [-0.05, 0) is 18.1 Å². The number of urea groups is 1. The Kier molecular flexibility index (Phi) is 3.33. The normalized spacial score (nSPS) is 16.4. The van der Waals surface area contributed by atoms with E-state index >= 15 is 0 Å². The zero-order chi connectivity index (χ0) is 12.3. The molecule has 0 spiro atoms. The van der Waals surface area contributed by atoms with Crippen LogP contribution in [0.15, 0.2) is 24.3 Å². The molecule has 0 heterocycles. The van der Waals surface area contributed by atoms with E-state index < -0.39 is 5.60 Å². The Hall–Kier alpha value is -1.55. The first kappa shape index (κ1) is 11.9. The highest BCUT2D eigenvalue weighted by Crippen LogP contribution is 2.29. The fourth-order valence-electron chi connectivity index (χ4n) is 2.27. The lowest BCUT2D eigenvalue weighted by Crippen LogP contribution is -2.46. The Morgan fingerprint density at radius 2 is 1.88 bits per heavy atom. The summed E-state index contributed by atoms with van der Waals surface area (Å²) < 4.78 is 0. The van der Waals surface area contributed by atoms with Crippen molar-refractivity contribution in [2.45, 2.75) is 25.4 Å². The average Bonchev–Trinajstić information content (AvgIpc) is 2.64. The van der Waals surface area contributed by atoms with Crippen LogP contribution in [0.25, 0.3) is 0 Å². The molecule has 17 heavy (non-hydrogen) atoms. The number of fused-ring (bicyclic) bond motifs is 1. The minimum absolute atomic E-state index is 0.225. The van der Waals surface area contributed by atoms with E-state index in [2.05, 4.69) is 10.6 Å². The summed E-state index contributed by atoms with van der Waals surface area (Å²) in [6, 6.07) is 7.78. The van der Waals surface area contributed by atoms with Gasteiger partial charge in [-0.25, -0.2) is 4.79 Å². The van der Waals surface area contributed by atoms with Crippen molar-refractivity contribution in [3.63, 3.8) is 0 Å². The second-order valence-electron chi connectivity index (χ2n) is 4.56. The van der Waals surface area contributed by atoms with Crippen LogP contribution < -0.4 is 10.6 Å². The zero-order valence-corrected chi connectivity index (χ0v) is 9.99. The van der Waals surface area contributed by atoms with Crippen LogP contribution in [-0.2, 0) is 12.8 Å². The van der Waals surface area contributed by atoms with Crippen LogP contribution in [0.5, 0.6) is 0 Å². The number of aliphatic hydroxyl groups is 1. The quantitative estimate of drug-likeness (QED) is 0.725. The van der Waals surface area contributed by atoms with E-state index in [1.54, 1.807) is 0 Å². The SMILES string of the molecule is CCNC(=O)NCC1(O)Cc2ccccc2C1. The first-order valence-electron chi connectivity index (χ1n) is 5.94. The molecular formula is C13H18N2O2. The van der Waals surface area contributed by atoms with Crippen LogP contribution in [-0.4, -0.2) is 29.8 Å². The van der Waals surface area contributed by atoms with Crippen molar-refractivity contribution in [2.75, 3.05) is 13.1 Å². The molecule has 2 rings (SSSR count). The van der Waals surface area contributed by atoms with Gasteiger partial charge >= 0.3 is 6.03 Å². The predicted octanol–water partition coefficient (Wildman–Crippen LogP) is 0.835. The molecule has 1 aliphatic rings. The van der Waals surface area contributed by atoms with Crippen LogP contribution >= 0.6 is 0 Å². The Labute approximate surface area is 101 Å². The third-order valence-electron chi connectivity index (χ3n) is 3.07. The number of hydrogen-bond donors (Lipinski definition) is 3. The van der Waals surface area contributed by atoms with Crippen LogP contribution in [0.2, 0.25) is 0 Å². The molecule has 3 N–H and O–H groups in total. The number of amides is 2. The molecule has 0 saturated carbocycles. The van der Waals surface area contributed by atoms with Crippen molar-refractivity contribution in [2.24, 2.45) is 0 Å². The third-order valence-corrected chi connectivity index (χ3v) is 3.07. The molecule has 0 radical (unpaired) electrons. The Morgan fingerprint density at radius 1 is 1.29 bits per heavy atom. The van der Waals surface area contributed by atoms with Crippen molar-refractivity contribution in [3.05, 3.63) is 35.4 Å². The number of carbonyl (C=O) groups is 1. The lowest BCUT2D eigenvalue weighted by Gasteiger charge is -2.22. The van der Waals surface area contributed by atoms with E-state index in [0.29, 0.717) is 19.4 Å². The van der Waals surface area contributed by atoms with Crippen molar-refractivity contribution >= 4 is 6.03 Å². The highest BCUT2D eigenvalue weighted by molar-refractivity contribution is 5.73. The lowest BCUT2D eigenvalue weighted by atomic mass is 10.0. The van der Waals surface area contributed by atoms with Gasteiger partial charge in [-0.2, -0.15) is 0 Å². The number of benzene rings is 1. The molecule has 1 aliphatic carbocycles. The summed E-state index contributed by atoms with van der Waals surface area (Å²) in [6.07, 6.45) is 1.21. The van der Waals surface area contributed by atoms with E-state index in [9.17, 15) is 9.90 Å². The lowest BCUT2D eigenvalue weighted by molar-refractivity contribution is 0.0536. The van der Waals surface area contributed by atoms with Crippen LogP contribution in [0.1, 0.15) is 18.1 Å². The molecule has 0 bridgehead atoms. The summed E-state index contributed by atoms with van der Waals surface area (Å²) in [5.41, 5.74) is 1.51. The topological polar surface area (TPSA) is 61.4 Å². The minimum Gasteiger partial charge on any atom is -0.387 e. The monoisotopic (exact) mass is 234 g/mol. The number of hydrogen-bond acceptors (Lipinski definition) is 2. The molecular weight excluding hydrogens is 216 g/mol. The molecule has 92 valence electrons. The molecule has 4 heteroatoms. The zero-order valence-electron chi connectivity index (χ0n) is 9.99. The Balaban J connectivity index is 1.93. The van der Waals surface area contributed by atoms with Gasteiger partial charge in [0.05, 0.1) is 5.60 Å². The van der Waals surface area contributed by atoms with E-state index in [0.717, 1.165) is 0 Å². The second-order valence-corrected chi connectivity index (χ2v) is 4.56. The molecule has 1 aromatic carbocycles. The first-order valence-corrected chi connectivity index (χ1v) is 5.94. The van der Waals surface area contributed by atoms with E-state index in [1.165, 1.54) is 11.1 Å². The highest BCUT2D eigenvalue weighted by Gasteiger charge is 2.34. The van der Waals surface area contributed by atoms with Crippen molar-refractivity contribution in [3.8, 4) is 0 Å². The minimum atomic E-state index is -0.839. The highest BCUT2D eigenvalue weighted by atomic mass is 16.3. The van der Waals surface area contributed by atoms with Gasteiger partial charge in [0.1, 0.15) is 0 Å². The summed E-state index contributed by atoms with van der Waals surface area (Å²) >= 11 is 0. The maximum absolute atomic E-state index is 11.3. The maximum Gasteiger partial charge on any atom is 0.314 e. The molecule has 0 atom stereocenters. The van der Waals surface area contributed by atoms with Gasteiger partial charge in [-0.1, -0.05) is 24.3 Å². The summed E-state index contributed by atoms with van der Waals surface area (Å²) in [6.45, 7) is 2.73. The van der Waals surface area contributed by atoms with Gasteiger partial charge in [0.25, 0.3) is 0 Å². The molecule has 0 saturated heterocycles. The van der Waals surface area contributed by atoms with Crippen molar-refractivity contribution < 1.29 is 9.90 Å². The van der Waals surface area contributed by atoms with Gasteiger partial charge in [0.15, 0.2) is 0 Å². The standard InChI is InChI=1S/C13H18N2O2/c1-2-14-12(16)15-9-13(17)7-10-5-3-4-6-11(10)8-13/h3-6,17H,2,7-9H2,1H3,(H2,14,15,16). The smallest absolute Gasteiger partial charge is 0.314 e. The fraction of sp³-hybridized carbons (Fsp3) is 0.462. The molecule has 0 unspecified atom stereocenters. The maximum atomic E-state index is 11.3. The summed E-state index contributed by atoms with van der Waals surface area (Å²) in [4.78, 5) is 11.3. The van der Waals surface area contributed by atoms with Crippen LogP contribution in [0, 0.1) is 0 Å². The molecule has 0 fully saturated rings. The Morgan fingerprint density at radius 3 is 2.41 bits per heavy atom. The third kappa shape index (κ3) is 2.77. The van der Waals surface area contributed by atoms with Gasteiger partial charge in [0, 0.05) is 25.9 Å². The molecule has 0 aliphatic heterocycles. The summed E-state index contributed by atoms with van der Waals surface area (Å²) in [5.74, 6) is 0. The van der Waals surface area contributed by atoms with Gasteiger partial charge in [-0.15, -0.1) is 0 Å². The largest absolute Gasteiger partial charge is 0.387 e. The van der Waals surface area contributed by atoms with Crippen LogP contribution in [0.3, 0.4) is 0 Å². The predicted molar refractivity (Wildman–Crippen MR) is 65.9 cm³/mol. The fourth-order valence-corrected chi connectivity index (χ4v) is 2.27. The first-order chi connectivity index (χ1) is 8.13. The molecule has 1 aromatic rings. The van der Waals surface area contributed by atoms with Crippen LogP contribution in [0.4, 0.5) is 4.79 Å². The molecule has 2 amide bonds. The summed E-state index contributed by atoms with van der Waals surface area (Å²) in [7, 11) is 0. The van der Waals surface area contributed by atoms with E-state index in [-0.39, 0.29) is 12.6 Å². The van der Waals surface area contributed by atoms with Crippen molar-refractivity contribution in [1.29, 1.82) is 0 Å². The molecule has 4 nitrogen and oxygen atoms in total. The van der Waals surface area contributed by atoms with Crippen molar-refractivity contribution in [1.82, 2.24) is 10.6 Å². The van der Waals surface area contributed by atoms with E-state index in [1.807, 2.05) is 31.2 Å². The summed E-state index contributed by atoms with van der Waals surface area (Å²) in [5, 5.41) is 15.7. The number of rotatable bonds is 3. The Bertz CT molecular complexity index is 393. The van der Waals surface area contributed by atoms with Gasteiger partial charge < -0.3 is 15.7 Å².